The van der Waals surface area contributed by atoms with E-state index in [1.54, 1.807) is 18.2 Å². The topological polar surface area (TPSA) is 75.6 Å². The number of rotatable bonds is 7. The monoisotopic (exact) mass is 333 g/mol. The number of hydrogen-bond donors (Lipinski definition) is 2. The van der Waals surface area contributed by atoms with Gasteiger partial charge in [0.1, 0.15) is 5.75 Å². The number of benzene rings is 2. The summed E-state index contributed by atoms with van der Waals surface area (Å²) < 4.78 is 32.0. The van der Waals surface area contributed by atoms with Gasteiger partial charge in [-0.1, -0.05) is 30.3 Å². The summed E-state index contributed by atoms with van der Waals surface area (Å²) in [5.74, 6) is 0.540. The van der Waals surface area contributed by atoms with Gasteiger partial charge >= 0.3 is 0 Å². The summed E-state index contributed by atoms with van der Waals surface area (Å²) in [6.07, 6.45) is 1.52. The standard InChI is InChI=1S/C17H19NO4S/c1-2-22-17-9-8-16(12-15(17)13-19)18-23(20,21)11-10-14-6-4-3-5-7-14/h3-12,18-19H,2,13H2,1H3. The number of hydrogen-bond acceptors (Lipinski definition) is 4. The Morgan fingerprint density at radius 3 is 2.57 bits per heavy atom. The molecule has 0 aliphatic rings. The van der Waals surface area contributed by atoms with Crippen LogP contribution in [0.5, 0.6) is 5.75 Å². The van der Waals surface area contributed by atoms with Crippen molar-refractivity contribution < 1.29 is 18.3 Å². The molecule has 23 heavy (non-hydrogen) atoms. The summed E-state index contributed by atoms with van der Waals surface area (Å²) in [6, 6.07) is 13.9. The number of aliphatic hydroxyl groups is 1. The van der Waals surface area contributed by atoms with E-state index in [9.17, 15) is 13.5 Å². The molecule has 0 unspecified atom stereocenters. The molecule has 0 bridgehead atoms. The normalized spacial score (nSPS) is 11.6. The van der Waals surface area contributed by atoms with Crippen molar-refractivity contribution in [3.8, 4) is 5.75 Å². The average Bonchev–Trinajstić information content (AvgIpc) is 2.55. The zero-order valence-corrected chi connectivity index (χ0v) is 13.6. The molecule has 0 radical (unpaired) electrons. The third kappa shape index (κ3) is 5.12. The molecule has 0 fully saturated rings. The first-order valence-electron chi connectivity index (χ1n) is 7.16. The van der Waals surface area contributed by atoms with E-state index in [0.29, 0.717) is 23.6 Å². The second kappa shape index (κ2) is 7.80. The molecule has 0 aliphatic heterocycles. The summed E-state index contributed by atoms with van der Waals surface area (Å²) in [7, 11) is -3.64. The Morgan fingerprint density at radius 1 is 1.17 bits per heavy atom. The van der Waals surface area contributed by atoms with Crippen LogP contribution < -0.4 is 9.46 Å². The number of anilines is 1. The third-order valence-corrected chi connectivity index (χ3v) is 4.04. The van der Waals surface area contributed by atoms with Gasteiger partial charge in [-0.2, -0.15) is 0 Å². The van der Waals surface area contributed by atoms with E-state index in [1.165, 1.54) is 6.08 Å². The molecule has 0 atom stereocenters. The van der Waals surface area contributed by atoms with Gasteiger partial charge in [0, 0.05) is 11.3 Å². The number of ether oxygens (including phenoxy) is 1. The van der Waals surface area contributed by atoms with Gasteiger partial charge in [0.15, 0.2) is 0 Å². The van der Waals surface area contributed by atoms with Crippen molar-refractivity contribution in [3.05, 3.63) is 65.1 Å². The van der Waals surface area contributed by atoms with Gasteiger partial charge in [-0.05, 0) is 36.8 Å². The van der Waals surface area contributed by atoms with Crippen molar-refractivity contribution in [3.63, 3.8) is 0 Å². The van der Waals surface area contributed by atoms with Crippen LogP contribution in [0.2, 0.25) is 0 Å². The van der Waals surface area contributed by atoms with E-state index in [4.69, 9.17) is 4.74 Å². The van der Waals surface area contributed by atoms with Gasteiger partial charge in [0.05, 0.1) is 18.6 Å². The molecule has 122 valence electrons. The van der Waals surface area contributed by atoms with E-state index in [0.717, 1.165) is 11.0 Å². The fraction of sp³-hybridized carbons (Fsp3) is 0.176. The molecule has 0 spiro atoms. The molecule has 0 heterocycles. The molecule has 0 aromatic heterocycles. The minimum absolute atomic E-state index is 0.231. The van der Waals surface area contributed by atoms with Crippen LogP contribution in [0, 0.1) is 0 Å². The Bertz CT molecular complexity index is 770. The quantitative estimate of drug-likeness (QED) is 0.817. The van der Waals surface area contributed by atoms with Crippen LogP contribution in [0.4, 0.5) is 5.69 Å². The maximum Gasteiger partial charge on any atom is 0.255 e. The summed E-state index contributed by atoms with van der Waals surface area (Å²) >= 11 is 0. The number of aliphatic hydroxyl groups excluding tert-OH is 1. The van der Waals surface area contributed by atoms with Crippen LogP contribution in [0.25, 0.3) is 6.08 Å². The Morgan fingerprint density at radius 2 is 1.91 bits per heavy atom. The Labute approximate surface area is 136 Å². The minimum Gasteiger partial charge on any atom is -0.494 e. The van der Waals surface area contributed by atoms with E-state index in [2.05, 4.69) is 4.72 Å². The molecule has 2 aromatic carbocycles. The van der Waals surface area contributed by atoms with Crippen LogP contribution in [0.15, 0.2) is 53.9 Å². The smallest absolute Gasteiger partial charge is 0.255 e. The lowest BCUT2D eigenvalue weighted by Gasteiger charge is -2.11. The van der Waals surface area contributed by atoms with Gasteiger partial charge in [0.25, 0.3) is 10.0 Å². The molecule has 0 saturated carbocycles. The Hall–Kier alpha value is -2.31. The van der Waals surface area contributed by atoms with Crippen molar-refractivity contribution in [2.75, 3.05) is 11.3 Å². The van der Waals surface area contributed by atoms with Gasteiger partial charge < -0.3 is 9.84 Å². The highest BCUT2D eigenvalue weighted by molar-refractivity contribution is 7.95. The zero-order valence-electron chi connectivity index (χ0n) is 12.8. The SMILES string of the molecule is CCOc1ccc(NS(=O)(=O)C=Cc2ccccc2)cc1CO. The van der Waals surface area contributed by atoms with E-state index < -0.39 is 10.0 Å². The summed E-state index contributed by atoms with van der Waals surface area (Å²) in [4.78, 5) is 0. The Balaban J connectivity index is 2.15. The molecule has 2 rings (SSSR count). The van der Waals surface area contributed by atoms with Crippen LogP contribution in [-0.2, 0) is 16.6 Å². The predicted octanol–water partition coefficient (Wildman–Crippen LogP) is 2.99. The maximum absolute atomic E-state index is 12.1. The zero-order chi connectivity index (χ0) is 16.7. The highest BCUT2D eigenvalue weighted by Crippen LogP contribution is 2.24. The third-order valence-electron chi connectivity index (χ3n) is 3.03. The second-order valence-corrected chi connectivity index (χ2v) is 6.34. The van der Waals surface area contributed by atoms with Crippen molar-refractivity contribution in [2.24, 2.45) is 0 Å². The lowest BCUT2D eigenvalue weighted by Crippen LogP contribution is -2.09. The van der Waals surface area contributed by atoms with Gasteiger partial charge in [-0.15, -0.1) is 0 Å². The van der Waals surface area contributed by atoms with Gasteiger partial charge in [-0.25, -0.2) is 8.42 Å². The molecule has 2 N–H and O–H groups in total. The van der Waals surface area contributed by atoms with Crippen molar-refractivity contribution in [1.29, 1.82) is 0 Å². The fourth-order valence-electron chi connectivity index (χ4n) is 1.99. The Kier molecular flexibility index (Phi) is 5.78. The highest BCUT2D eigenvalue weighted by atomic mass is 32.2. The van der Waals surface area contributed by atoms with E-state index >= 15 is 0 Å². The van der Waals surface area contributed by atoms with Crippen molar-refractivity contribution >= 4 is 21.8 Å². The number of nitrogens with one attached hydrogen (secondary N) is 1. The summed E-state index contributed by atoms with van der Waals surface area (Å²) in [5.41, 5.74) is 1.69. The summed E-state index contributed by atoms with van der Waals surface area (Å²) in [5, 5.41) is 10.5. The molecule has 0 amide bonds. The van der Waals surface area contributed by atoms with Crippen LogP contribution >= 0.6 is 0 Å². The maximum atomic E-state index is 12.1. The molecule has 6 heteroatoms. The minimum atomic E-state index is -3.64. The lowest BCUT2D eigenvalue weighted by atomic mass is 10.2. The predicted molar refractivity (Wildman–Crippen MR) is 91.6 cm³/mol. The first-order chi connectivity index (χ1) is 11.0. The molecular weight excluding hydrogens is 314 g/mol. The van der Waals surface area contributed by atoms with E-state index in [-0.39, 0.29) is 6.61 Å². The van der Waals surface area contributed by atoms with Crippen LogP contribution in [0.3, 0.4) is 0 Å². The molecule has 2 aromatic rings. The average molecular weight is 333 g/mol. The molecule has 0 aliphatic carbocycles. The first kappa shape index (κ1) is 17.1. The molecule has 5 nitrogen and oxygen atoms in total. The van der Waals surface area contributed by atoms with Crippen LogP contribution in [0.1, 0.15) is 18.1 Å². The van der Waals surface area contributed by atoms with Crippen molar-refractivity contribution in [1.82, 2.24) is 0 Å². The lowest BCUT2D eigenvalue weighted by molar-refractivity contribution is 0.267. The van der Waals surface area contributed by atoms with Gasteiger partial charge in [0.2, 0.25) is 0 Å². The fourth-order valence-corrected chi connectivity index (χ4v) is 2.85. The van der Waals surface area contributed by atoms with Gasteiger partial charge in [-0.3, -0.25) is 4.72 Å². The van der Waals surface area contributed by atoms with Crippen molar-refractivity contribution in [2.45, 2.75) is 13.5 Å². The second-order valence-electron chi connectivity index (χ2n) is 4.77. The van der Waals surface area contributed by atoms with Crippen LogP contribution in [-0.4, -0.2) is 20.1 Å². The first-order valence-corrected chi connectivity index (χ1v) is 8.71. The molecule has 0 saturated heterocycles. The number of sulfonamides is 1. The highest BCUT2D eigenvalue weighted by Gasteiger charge is 2.09. The summed E-state index contributed by atoms with van der Waals surface area (Å²) in [6.45, 7) is 2.08. The largest absolute Gasteiger partial charge is 0.494 e. The van der Waals surface area contributed by atoms with E-state index in [1.807, 2.05) is 37.3 Å². The molecular formula is C17H19NO4S.